The number of sulfonamides is 1. The summed E-state index contributed by atoms with van der Waals surface area (Å²) in [6, 6.07) is 7.48. The zero-order valence-corrected chi connectivity index (χ0v) is 12.0. The van der Waals surface area contributed by atoms with Crippen molar-refractivity contribution in [1.29, 1.82) is 0 Å². The van der Waals surface area contributed by atoms with Crippen LogP contribution in [0.15, 0.2) is 29.2 Å². The van der Waals surface area contributed by atoms with Crippen molar-refractivity contribution in [2.24, 2.45) is 5.92 Å². The minimum atomic E-state index is -3.29. The summed E-state index contributed by atoms with van der Waals surface area (Å²) in [6.07, 6.45) is 3.27. The van der Waals surface area contributed by atoms with Gasteiger partial charge in [0.2, 0.25) is 10.0 Å². The number of hydrogen-bond acceptors (Lipinski definition) is 3. The van der Waals surface area contributed by atoms with E-state index in [0.29, 0.717) is 17.4 Å². The van der Waals surface area contributed by atoms with Crippen molar-refractivity contribution in [3.05, 3.63) is 29.8 Å². The molecule has 5 heteroatoms. The molecule has 19 heavy (non-hydrogen) atoms. The van der Waals surface area contributed by atoms with Crippen molar-refractivity contribution in [2.45, 2.75) is 36.7 Å². The summed E-state index contributed by atoms with van der Waals surface area (Å²) < 4.78 is 26.9. The standard InChI is InChI=1S/C14H20N2O2S/c1-15-9-11-3-6-14(7-4-11)19(17,18)16-10-12-2-5-13(16)8-12/h3-4,6-7,12-13,15H,2,5,8-10H2,1H3. The predicted molar refractivity (Wildman–Crippen MR) is 74.2 cm³/mol. The van der Waals surface area contributed by atoms with E-state index >= 15 is 0 Å². The Balaban J connectivity index is 1.84. The SMILES string of the molecule is CNCc1ccc(S(=O)(=O)N2CC3CCC2C3)cc1. The Morgan fingerprint density at radius 2 is 2.00 bits per heavy atom. The lowest BCUT2D eigenvalue weighted by molar-refractivity contribution is 0.333. The third-order valence-electron chi connectivity index (χ3n) is 4.27. The third-order valence-corrected chi connectivity index (χ3v) is 6.20. The van der Waals surface area contributed by atoms with Gasteiger partial charge in [0.05, 0.1) is 4.90 Å². The Bertz CT molecular complexity index is 553. The Morgan fingerprint density at radius 3 is 2.53 bits per heavy atom. The quantitative estimate of drug-likeness (QED) is 0.911. The topological polar surface area (TPSA) is 49.4 Å². The first-order valence-electron chi connectivity index (χ1n) is 6.86. The highest BCUT2D eigenvalue weighted by molar-refractivity contribution is 7.89. The molecule has 0 spiro atoms. The van der Waals surface area contributed by atoms with E-state index in [1.165, 1.54) is 6.42 Å². The molecule has 0 amide bonds. The van der Waals surface area contributed by atoms with Gasteiger partial charge in [0.1, 0.15) is 0 Å². The zero-order valence-electron chi connectivity index (χ0n) is 11.2. The second-order valence-corrected chi connectivity index (χ2v) is 7.47. The molecule has 1 N–H and O–H groups in total. The fraction of sp³-hybridized carbons (Fsp3) is 0.571. The Morgan fingerprint density at radius 1 is 1.26 bits per heavy atom. The summed E-state index contributed by atoms with van der Waals surface area (Å²) in [5.41, 5.74) is 1.10. The van der Waals surface area contributed by atoms with E-state index in [4.69, 9.17) is 0 Å². The van der Waals surface area contributed by atoms with Crippen molar-refractivity contribution in [2.75, 3.05) is 13.6 Å². The third kappa shape index (κ3) is 2.30. The van der Waals surface area contributed by atoms with Crippen molar-refractivity contribution in [1.82, 2.24) is 9.62 Å². The van der Waals surface area contributed by atoms with E-state index in [2.05, 4.69) is 5.32 Å². The van der Waals surface area contributed by atoms with Gasteiger partial charge in [-0.2, -0.15) is 4.31 Å². The van der Waals surface area contributed by atoms with E-state index in [1.54, 1.807) is 16.4 Å². The second-order valence-electron chi connectivity index (χ2n) is 5.58. The summed E-state index contributed by atoms with van der Waals surface area (Å²) in [5.74, 6) is 0.586. The maximum absolute atomic E-state index is 12.6. The van der Waals surface area contributed by atoms with Crippen LogP contribution in [0.5, 0.6) is 0 Å². The molecule has 104 valence electrons. The highest BCUT2D eigenvalue weighted by atomic mass is 32.2. The first kappa shape index (κ1) is 13.1. The minimum absolute atomic E-state index is 0.243. The molecule has 1 aromatic rings. The molecule has 1 heterocycles. The van der Waals surface area contributed by atoms with Gasteiger partial charge in [0, 0.05) is 19.1 Å². The molecular weight excluding hydrogens is 260 g/mol. The van der Waals surface area contributed by atoms with Crippen LogP contribution in [0.25, 0.3) is 0 Å². The molecule has 2 fully saturated rings. The van der Waals surface area contributed by atoms with Crippen molar-refractivity contribution < 1.29 is 8.42 Å². The summed E-state index contributed by atoms with van der Waals surface area (Å²) >= 11 is 0. The monoisotopic (exact) mass is 280 g/mol. The molecule has 3 rings (SSSR count). The van der Waals surface area contributed by atoms with Gasteiger partial charge in [0.15, 0.2) is 0 Å². The lowest BCUT2D eigenvalue weighted by atomic mass is 10.1. The highest BCUT2D eigenvalue weighted by Gasteiger charge is 2.44. The van der Waals surface area contributed by atoms with Gasteiger partial charge in [-0.1, -0.05) is 12.1 Å². The van der Waals surface area contributed by atoms with Crippen LogP contribution in [0.2, 0.25) is 0 Å². The number of benzene rings is 1. The summed E-state index contributed by atoms with van der Waals surface area (Å²) in [4.78, 5) is 0.430. The molecule has 1 aliphatic heterocycles. The average molecular weight is 280 g/mol. The fourth-order valence-corrected chi connectivity index (χ4v) is 5.03. The Kier molecular flexibility index (Phi) is 3.37. The van der Waals surface area contributed by atoms with Gasteiger partial charge in [0.25, 0.3) is 0 Å². The van der Waals surface area contributed by atoms with Gasteiger partial charge in [-0.15, -0.1) is 0 Å². The zero-order chi connectivity index (χ0) is 13.5. The molecule has 1 aliphatic carbocycles. The van der Waals surface area contributed by atoms with Gasteiger partial charge < -0.3 is 5.32 Å². The molecule has 1 saturated carbocycles. The van der Waals surface area contributed by atoms with Gasteiger partial charge in [-0.3, -0.25) is 0 Å². The van der Waals surface area contributed by atoms with Gasteiger partial charge in [-0.25, -0.2) is 8.42 Å². The van der Waals surface area contributed by atoms with Crippen molar-refractivity contribution >= 4 is 10.0 Å². The van der Waals surface area contributed by atoms with E-state index in [0.717, 1.165) is 24.9 Å². The fourth-order valence-electron chi connectivity index (χ4n) is 3.29. The van der Waals surface area contributed by atoms with Crippen LogP contribution in [-0.4, -0.2) is 32.4 Å². The lowest BCUT2D eigenvalue weighted by Crippen LogP contribution is -2.37. The Labute approximate surface area is 114 Å². The van der Waals surface area contributed by atoms with Crippen molar-refractivity contribution in [3.63, 3.8) is 0 Å². The number of nitrogens with one attached hydrogen (secondary N) is 1. The molecule has 2 atom stereocenters. The average Bonchev–Trinajstić information content (AvgIpc) is 3.02. The van der Waals surface area contributed by atoms with Crippen LogP contribution in [-0.2, 0) is 16.6 Å². The molecule has 2 bridgehead atoms. The molecule has 1 saturated heterocycles. The van der Waals surface area contributed by atoms with Crippen LogP contribution in [0, 0.1) is 5.92 Å². The normalized spacial score (nSPS) is 27.0. The van der Waals surface area contributed by atoms with E-state index in [9.17, 15) is 8.42 Å². The molecule has 0 aromatic heterocycles. The van der Waals surface area contributed by atoms with Crippen LogP contribution in [0.1, 0.15) is 24.8 Å². The van der Waals surface area contributed by atoms with Gasteiger partial charge in [-0.05, 0) is 49.9 Å². The Hall–Kier alpha value is -0.910. The summed E-state index contributed by atoms with van der Waals surface area (Å²) in [6.45, 7) is 1.47. The van der Waals surface area contributed by atoms with Crippen LogP contribution < -0.4 is 5.32 Å². The first-order chi connectivity index (χ1) is 9.11. The molecule has 2 unspecified atom stereocenters. The molecule has 2 aliphatic rings. The largest absolute Gasteiger partial charge is 0.316 e. The first-order valence-corrected chi connectivity index (χ1v) is 8.30. The number of piperidine rings is 1. The van der Waals surface area contributed by atoms with Crippen LogP contribution in [0.3, 0.4) is 0 Å². The minimum Gasteiger partial charge on any atom is -0.316 e. The van der Waals surface area contributed by atoms with E-state index in [-0.39, 0.29) is 6.04 Å². The number of rotatable bonds is 4. The lowest BCUT2D eigenvalue weighted by Gasteiger charge is -2.26. The second kappa shape index (κ2) is 4.89. The molecule has 0 radical (unpaired) electrons. The predicted octanol–water partition coefficient (Wildman–Crippen LogP) is 1.58. The number of hydrogen-bond donors (Lipinski definition) is 1. The van der Waals surface area contributed by atoms with Gasteiger partial charge >= 0.3 is 0 Å². The molecule has 1 aromatic carbocycles. The number of nitrogens with zero attached hydrogens (tertiary/aromatic N) is 1. The molecular formula is C14H20N2O2S. The number of fused-ring (bicyclic) bond motifs is 2. The van der Waals surface area contributed by atoms with Crippen LogP contribution in [0.4, 0.5) is 0 Å². The van der Waals surface area contributed by atoms with E-state index < -0.39 is 10.0 Å². The van der Waals surface area contributed by atoms with E-state index in [1.807, 2.05) is 19.2 Å². The van der Waals surface area contributed by atoms with Crippen LogP contribution >= 0.6 is 0 Å². The maximum atomic E-state index is 12.6. The highest BCUT2D eigenvalue weighted by Crippen LogP contribution is 2.40. The smallest absolute Gasteiger partial charge is 0.243 e. The maximum Gasteiger partial charge on any atom is 0.243 e. The summed E-state index contributed by atoms with van der Waals surface area (Å²) in [5, 5.41) is 3.06. The summed E-state index contributed by atoms with van der Waals surface area (Å²) in [7, 11) is -1.41. The van der Waals surface area contributed by atoms with Crippen molar-refractivity contribution in [3.8, 4) is 0 Å². The molecule has 4 nitrogen and oxygen atoms in total.